The molecule has 0 radical (unpaired) electrons. The molecule has 0 aromatic heterocycles. The van der Waals surface area contributed by atoms with E-state index in [9.17, 15) is 15.0 Å². The molecule has 9 atom stereocenters. The van der Waals surface area contributed by atoms with E-state index in [2.05, 4.69) is 50.3 Å². The number of hydrogen-bond acceptors (Lipinski definition) is 4. The lowest BCUT2D eigenvalue weighted by molar-refractivity contribution is -0.219. The quantitative estimate of drug-likeness (QED) is 0.681. The number of allylic oxidation sites excluding steroid dienone is 2. The van der Waals surface area contributed by atoms with Crippen LogP contribution in [0.15, 0.2) is 36.4 Å². The Bertz CT molecular complexity index is 878. The molecule has 31 heavy (non-hydrogen) atoms. The van der Waals surface area contributed by atoms with Crippen molar-refractivity contribution < 1.29 is 19.7 Å². The average molecular weight is 425 g/mol. The van der Waals surface area contributed by atoms with E-state index in [1.165, 1.54) is 18.1 Å². The van der Waals surface area contributed by atoms with Crippen LogP contribution in [0.3, 0.4) is 0 Å². The Balaban J connectivity index is 1.45. The van der Waals surface area contributed by atoms with Crippen molar-refractivity contribution in [3.63, 3.8) is 0 Å². The fraction of sp³-hybridized carbons (Fsp3) is 0.667. The van der Waals surface area contributed by atoms with Crippen LogP contribution in [0.1, 0.15) is 64.9 Å². The molecule has 1 aromatic carbocycles. The van der Waals surface area contributed by atoms with Crippen LogP contribution in [0.25, 0.3) is 5.57 Å². The van der Waals surface area contributed by atoms with Crippen molar-refractivity contribution in [2.45, 2.75) is 77.6 Å². The van der Waals surface area contributed by atoms with Crippen molar-refractivity contribution in [3.05, 3.63) is 42.0 Å². The van der Waals surface area contributed by atoms with Gasteiger partial charge < -0.3 is 14.9 Å². The minimum Gasteiger partial charge on any atom is -0.463 e. The molecule has 0 spiro atoms. The number of carbonyl (C=O) groups excluding carboxylic acids is 1. The molecule has 9 unspecified atom stereocenters. The third kappa shape index (κ3) is 3.13. The van der Waals surface area contributed by atoms with E-state index in [1.54, 1.807) is 0 Å². The number of hydrogen-bond donors (Lipinski definition) is 2. The van der Waals surface area contributed by atoms with E-state index in [1.807, 2.05) is 0 Å². The highest BCUT2D eigenvalue weighted by Crippen LogP contribution is 2.67. The largest absolute Gasteiger partial charge is 0.463 e. The Kier molecular flexibility index (Phi) is 5.10. The van der Waals surface area contributed by atoms with Gasteiger partial charge in [0.15, 0.2) is 0 Å². The average Bonchev–Trinajstić information content (AvgIpc) is 3.10. The van der Waals surface area contributed by atoms with E-state index in [0.29, 0.717) is 18.3 Å². The van der Waals surface area contributed by atoms with E-state index in [4.69, 9.17) is 4.74 Å². The summed E-state index contributed by atoms with van der Waals surface area (Å²) in [4.78, 5) is 11.5. The highest BCUT2D eigenvalue weighted by atomic mass is 16.5. The van der Waals surface area contributed by atoms with Crippen molar-refractivity contribution >= 4 is 11.5 Å². The van der Waals surface area contributed by atoms with Crippen LogP contribution in [-0.2, 0) is 9.53 Å². The molecule has 0 aliphatic heterocycles. The monoisotopic (exact) mass is 424 g/mol. The Labute approximate surface area is 185 Å². The predicted octanol–water partition coefficient (Wildman–Crippen LogP) is 4.60. The SMILES string of the molecule is CC(=O)OC1CCC2(C)C(C1)C(O)C(O)C1C3CC=C(c4ccccc4)C3(C)CCC12. The fourth-order valence-corrected chi connectivity index (χ4v) is 8.20. The van der Waals surface area contributed by atoms with Gasteiger partial charge in [0.1, 0.15) is 6.10 Å². The number of aliphatic hydroxyl groups excluding tert-OH is 2. The molecule has 168 valence electrons. The van der Waals surface area contributed by atoms with Gasteiger partial charge in [0, 0.05) is 6.92 Å². The number of ether oxygens (including phenoxy) is 1. The molecule has 3 saturated carbocycles. The van der Waals surface area contributed by atoms with Crippen LogP contribution in [0.5, 0.6) is 0 Å². The van der Waals surface area contributed by atoms with Crippen LogP contribution in [0, 0.1) is 34.5 Å². The van der Waals surface area contributed by atoms with Crippen molar-refractivity contribution in [2.24, 2.45) is 34.5 Å². The van der Waals surface area contributed by atoms with Gasteiger partial charge in [-0.05, 0) is 84.2 Å². The minimum absolute atomic E-state index is 0.0171. The Morgan fingerprint density at radius 2 is 1.74 bits per heavy atom. The lowest BCUT2D eigenvalue weighted by Gasteiger charge is -2.63. The lowest BCUT2D eigenvalue weighted by atomic mass is 9.43. The number of benzene rings is 1. The van der Waals surface area contributed by atoms with Crippen molar-refractivity contribution in [1.82, 2.24) is 0 Å². The summed E-state index contributed by atoms with van der Waals surface area (Å²) in [7, 11) is 0. The molecule has 4 nitrogen and oxygen atoms in total. The van der Waals surface area contributed by atoms with Crippen molar-refractivity contribution in [3.8, 4) is 0 Å². The smallest absolute Gasteiger partial charge is 0.302 e. The van der Waals surface area contributed by atoms with Gasteiger partial charge >= 0.3 is 5.97 Å². The molecular formula is C27H36O4. The maximum Gasteiger partial charge on any atom is 0.302 e. The molecule has 2 N–H and O–H groups in total. The van der Waals surface area contributed by atoms with Gasteiger partial charge in [-0.15, -0.1) is 0 Å². The molecule has 0 amide bonds. The molecule has 0 heterocycles. The predicted molar refractivity (Wildman–Crippen MR) is 120 cm³/mol. The van der Waals surface area contributed by atoms with E-state index in [0.717, 1.165) is 32.1 Å². The van der Waals surface area contributed by atoms with Crippen LogP contribution in [-0.4, -0.2) is 34.5 Å². The maximum atomic E-state index is 11.5. The summed E-state index contributed by atoms with van der Waals surface area (Å²) < 4.78 is 5.51. The summed E-state index contributed by atoms with van der Waals surface area (Å²) >= 11 is 0. The van der Waals surface area contributed by atoms with Crippen LogP contribution in [0.2, 0.25) is 0 Å². The maximum absolute atomic E-state index is 11.5. The topological polar surface area (TPSA) is 66.8 Å². The lowest BCUT2D eigenvalue weighted by Crippen LogP contribution is -2.64. The van der Waals surface area contributed by atoms with Gasteiger partial charge in [0.2, 0.25) is 0 Å². The minimum atomic E-state index is -0.757. The second-order valence-electron chi connectivity index (χ2n) is 11.1. The number of carbonyl (C=O) groups is 1. The van der Waals surface area contributed by atoms with Crippen molar-refractivity contribution in [2.75, 3.05) is 0 Å². The first-order valence-corrected chi connectivity index (χ1v) is 12.0. The third-order valence-electron chi connectivity index (χ3n) is 9.70. The Hall–Kier alpha value is -1.65. The van der Waals surface area contributed by atoms with Gasteiger partial charge in [-0.3, -0.25) is 4.79 Å². The number of aliphatic hydroxyl groups is 2. The van der Waals surface area contributed by atoms with Gasteiger partial charge in [0.05, 0.1) is 12.2 Å². The van der Waals surface area contributed by atoms with Gasteiger partial charge in [-0.2, -0.15) is 0 Å². The highest BCUT2D eigenvalue weighted by molar-refractivity contribution is 5.73. The molecule has 1 aromatic rings. The molecule has 0 bridgehead atoms. The molecule has 4 aliphatic carbocycles. The van der Waals surface area contributed by atoms with E-state index >= 15 is 0 Å². The zero-order valence-electron chi connectivity index (χ0n) is 19.0. The molecule has 5 rings (SSSR count). The van der Waals surface area contributed by atoms with Crippen LogP contribution in [0.4, 0.5) is 0 Å². The Morgan fingerprint density at radius 3 is 2.45 bits per heavy atom. The Morgan fingerprint density at radius 1 is 1.00 bits per heavy atom. The summed E-state index contributed by atoms with van der Waals surface area (Å²) in [6.45, 7) is 6.16. The molecule has 4 aliphatic rings. The van der Waals surface area contributed by atoms with Crippen molar-refractivity contribution in [1.29, 1.82) is 0 Å². The van der Waals surface area contributed by atoms with Crippen LogP contribution < -0.4 is 0 Å². The van der Waals surface area contributed by atoms with Gasteiger partial charge in [0.25, 0.3) is 0 Å². The number of esters is 1. The zero-order valence-corrected chi connectivity index (χ0v) is 19.0. The third-order valence-corrected chi connectivity index (χ3v) is 9.70. The fourth-order valence-electron chi connectivity index (χ4n) is 8.20. The number of fused-ring (bicyclic) bond motifs is 5. The second-order valence-corrected chi connectivity index (χ2v) is 11.1. The summed E-state index contributed by atoms with van der Waals surface area (Å²) in [6.07, 6.45) is 6.43. The first-order valence-electron chi connectivity index (χ1n) is 12.0. The molecule has 3 fully saturated rings. The van der Waals surface area contributed by atoms with Gasteiger partial charge in [-0.1, -0.05) is 50.3 Å². The zero-order chi connectivity index (χ0) is 22.0. The van der Waals surface area contributed by atoms with E-state index < -0.39 is 12.2 Å². The number of rotatable bonds is 2. The first-order chi connectivity index (χ1) is 14.8. The second kappa shape index (κ2) is 7.45. The summed E-state index contributed by atoms with van der Waals surface area (Å²) in [6, 6.07) is 10.7. The summed E-state index contributed by atoms with van der Waals surface area (Å²) in [5, 5.41) is 22.7. The highest BCUT2D eigenvalue weighted by Gasteiger charge is 2.64. The van der Waals surface area contributed by atoms with Gasteiger partial charge in [-0.25, -0.2) is 0 Å². The summed E-state index contributed by atoms with van der Waals surface area (Å²) in [5.41, 5.74) is 2.74. The first kappa shape index (κ1) is 21.2. The molecule has 0 saturated heterocycles. The molecular weight excluding hydrogens is 388 g/mol. The molecule has 4 heteroatoms. The standard InChI is InChI=1S/C27H36O4/c1-16(28)31-18-11-13-27(3)21-12-14-26(2)19(17-7-5-4-6-8-17)9-10-20(26)23(21)25(30)24(29)22(27)15-18/h4-9,18,20-25,29-30H,10-15H2,1-3H3. The normalized spacial score (nSPS) is 46.4. The van der Waals surface area contributed by atoms with Crippen LogP contribution >= 0.6 is 0 Å². The van der Waals surface area contributed by atoms with E-state index in [-0.39, 0.29) is 34.7 Å². The summed E-state index contributed by atoms with van der Waals surface area (Å²) in [5.74, 6) is 0.592.